The van der Waals surface area contributed by atoms with Crippen LogP contribution in [0.2, 0.25) is 0 Å². The molecule has 0 amide bonds. The first kappa shape index (κ1) is 98.2. The highest BCUT2D eigenvalue weighted by Crippen LogP contribution is 2.45. The number of ether oxygens (including phenoxy) is 4. The average Bonchev–Trinajstić information content (AvgIpc) is 0.937. The lowest BCUT2D eigenvalue weighted by Crippen LogP contribution is -2.30. The summed E-state index contributed by atoms with van der Waals surface area (Å²) in [6.07, 6.45) is 90.3. The van der Waals surface area contributed by atoms with Gasteiger partial charge in [-0.1, -0.05) is 255 Å². The summed E-state index contributed by atoms with van der Waals surface area (Å²) >= 11 is 0. The summed E-state index contributed by atoms with van der Waals surface area (Å²) in [4.78, 5) is 73.0. The van der Waals surface area contributed by atoms with Crippen LogP contribution in [0.1, 0.15) is 272 Å². The monoisotopic (exact) mass is 1490 g/mol. The lowest BCUT2D eigenvalue weighted by Gasteiger charge is -2.21. The SMILES string of the molecule is CC/C=C\C/C=C\C/C=C\C/C=C\C/C=C\CCCC(=O)OCC(COP(=O)(O)OCC(O)COP(=O)(O)OCC(COC(=O)CCCCCC/C=C\C/C=C\C/C=C\C/C=C\CC)OC(=O)CCCC/C=C\C/C=C\C/C=C\C/C=C\CC)OC(=O)CCCCCCC/C=C\C/C=C\CCCCC. The molecule has 0 aromatic heterocycles. The van der Waals surface area contributed by atoms with Gasteiger partial charge in [0.15, 0.2) is 12.2 Å². The maximum atomic E-state index is 13.1. The van der Waals surface area contributed by atoms with Crippen molar-refractivity contribution >= 4 is 39.5 Å². The highest BCUT2D eigenvalue weighted by atomic mass is 31.2. The Morgan fingerprint density at radius 3 is 0.827 bits per heavy atom. The van der Waals surface area contributed by atoms with Crippen molar-refractivity contribution in [1.29, 1.82) is 0 Å². The van der Waals surface area contributed by atoms with Crippen molar-refractivity contribution in [2.24, 2.45) is 0 Å². The Hall–Kier alpha value is -5.84. The molecule has 0 aromatic rings. The number of phosphoric ester groups is 2. The van der Waals surface area contributed by atoms with E-state index in [9.17, 15) is 43.2 Å². The zero-order chi connectivity index (χ0) is 76.0. The van der Waals surface area contributed by atoms with Gasteiger partial charge < -0.3 is 33.8 Å². The number of hydrogen-bond donors (Lipinski definition) is 3. The van der Waals surface area contributed by atoms with E-state index in [1.807, 2.05) is 12.2 Å². The van der Waals surface area contributed by atoms with Gasteiger partial charge in [-0.25, -0.2) is 9.13 Å². The second-order valence-electron chi connectivity index (χ2n) is 25.1. The third-order valence-electron chi connectivity index (χ3n) is 15.3. The van der Waals surface area contributed by atoms with E-state index in [0.717, 1.165) is 161 Å². The van der Waals surface area contributed by atoms with Crippen LogP contribution in [-0.2, 0) is 65.4 Å². The van der Waals surface area contributed by atoms with E-state index < -0.39 is 97.5 Å². The molecule has 3 N–H and O–H groups in total. The number of hydrogen-bond acceptors (Lipinski definition) is 15. The summed E-state index contributed by atoms with van der Waals surface area (Å²) in [6.45, 7) is 4.32. The molecule has 0 aliphatic rings. The van der Waals surface area contributed by atoms with Crippen molar-refractivity contribution in [3.63, 3.8) is 0 Å². The predicted octanol–water partition coefficient (Wildman–Crippen LogP) is 22.8. The van der Waals surface area contributed by atoms with Gasteiger partial charge in [-0.15, -0.1) is 0 Å². The Morgan fingerprint density at radius 1 is 0.279 bits per heavy atom. The van der Waals surface area contributed by atoms with E-state index in [4.69, 9.17) is 37.0 Å². The summed E-state index contributed by atoms with van der Waals surface area (Å²) < 4.78 is 68.4. The van der Waals surface area contributed by atoms with Crippen LogP contribution in [0.15, 0.2) is 182 Å². The maximum Gasteiger partial charge on any atom is 0.472 e. The van der Waals surface area contributed by atoms with Crippen LogP contribution < -0.4 is 0 Å². The molecule has 0 radical (unpaired) electrons. The molecule has 0 aliphatic carbocycles. The van der Waals surface area contributed by atoms with Gasteiger partial charge in [-0.05, 0) is 173 Å². The molecule has 104 heavy (non-hydrogen) atoms. The first-order valence-electron chi connectivity index (χ1n) is 39.0. The van der Waals surface area contributed by atoms with Crippen LogP contribution in [-0.4, -0.2) is 96.7 Å². The minimum atomic E-state index is -5.01. The third kappa shape index (κ3) is 74.4. The molecule has 0 aromatic carbocycles. The number of aliphatic hydroxyl groups excluding tert-OH is 1. The third-order valence-corrected chi connectivity index (χ3v) is 17.2. The molecule has 0 heterocycles. The van der Waals surface area contributed by atoms with Crippen molar-refractivity contribution in [3.05, 3.63) is 182 Å². The van der Waals surface area contributed by atoms with Crippen molar-refractivity contribution in [2.45, 2.75) is 290 Å². The van der Waals surface area contributed by atoms with E-state index >= 15 is 0 Å². The van der Waals surface area contributed by atoms with Crippen LogP contribution in [0.3, 0.4) is 0 Å². The molecule has 5 atom stereocenters. The van der Waals surface area contributed by atoms with Crippen molar-refractivity contribution in [1.82, 2.24) is 0 Å². The van der Waals surface area contributed by atoms with Crippen LogP contribution in [0.25, 0.3) is 0 Å². The fourth-order valence-corrected chi connectivity index (χ4v) is 11.1. The highest BCUT2D eigenvalue weighted by Gasteiger charge is 2.30. The molecule has 19 heteroatoms. The Kier molecular flexibility index (Phi) is 71.2. The van der Waals surface area contributed by atoms with Gasteiger partial charge in [0.2, 0.25) is 0 Å². The molecule has 588 valence electrons. The lowest BCUT2D eigenvalue weighted by molar-refractivity contribution is -0.161. The number of carbonyl (C=O) groups excluding carboxylic acids is 4. The molecule has 0 aliphatic heterocycles. The van der Waals surface area contributed by atoms with Gasteiger partial charge in [-0.2, -0.15) is 0 Å². The van der Waals surface area contributed by atoms with E-state index in [0.29, 0.717) is 38.5 Å². The van der Waals surface area contributed by atoms with E-state index in [1.54, 1.807) is 0 Å². The van der Waals surface area contributed by atoms with Gasteiger partial charge in [0.25, 0.3) is 0 Å². The minimum Gasteiger partial charge on any atom is -0.462 e. The fourth-order valence-electron chi connectivity index (χ4n) is 9.50. The molecular formula is C85H136O17P2. The Morgan fingerprint density at radius 2 is 0.510 bits per heavy atom. The number of allylic oxidation sites excluding steroid dienone is 30. The fraction of sp³-hybridized carbons (Fsp3) is 0.600. The maximum absolute atomic E-state index is 13.1. The molecule has 0 fully saturated rings. The molecule has 17 nitrogen and oxygen atoms in total. The number of carbonyl (C=O) groups is 4. The first-order valence-corrected chi connectivity index (χ1v) is 42.0. The van der Waals surface area contributed by atoms with E-state index in [1.165, 1.54) is 19.3 Å². The number of rotatable bonds is 71. The molecule has 5 unspecified atom stereocenters. The number of unbranched alkanes of at least 4 members (excludes halogenated alkanes) is 15. The first-order chi connectivity index (χ1) is 50.7. The molecule has 0 spiro atoms. The van der Waals surface area contributed by atoms with Crippen molar-refractivity contribution in [3.8, 4) is 0 Å². The predicted molar refractivity (Wildman–Crippen MR) is 426 cm³/mol. The summed E-state index contributed by atoms with van der Waals surface area (Å²) in [5, 5.41) is 10.6. The zero-order valence-corrected chi connectivity index (χ0v) is 65.9. The van der Waals surface area contributed by atoms with E-state index in [2.05, 4.69) is 198 Å². The summed E-state index contributed by atoms with van der Waals surface area (Å²) in [5.41, 5.74) is 0. The number of aliphatic hydroxyl groups is 1. The normalized spacial score (nSPS) is 14.9. The van der Waals surface area contributed by atoms with Gasteiger partial charge >= 0.3 is 39.5 Å². The largest absolute Gasteiger partial charge is 0.472 e. The Bertz CT molecular complexity index is 2690. The average molecular weight is 1490 g/mol. The van der Waals surface area contributed by atoms with Gasteiger partial charge in [0.1, 0.15) is 19.3 Å². The molecule has 0 saturated carbocycles. The van der Waals surface area contributed by atoms with Crippen LogP contribution in [0.4, 0.5) is 0 Å². The highest BCUT2D eigenvalue weighted by molar-refractivity contribution is 7.47. The van der Waals surface area contributed by atoms with Gasteiger partial charge in [-0.3, -0.25) is 37.3 Å². The van der Waals surface area contributed by atoms with E-state index in [-0.39, 0.29) is 25.7 Å². The van der Waals surface area contributed by atoms with Crippen molar-refractivity contribution in [2.75, 3.05) is 39.6 Å². The molecule has 0 rings (SSSR count). The second kappa shape index (κ2) is 75.4. The Labute approximate surface area is 628 Å². The zero-order valence-electron chi connectivity index (χ0n) is 64.1. The van der Waals surface area contributed by atoms with Crippen LogP contribution >= 0.6 is 15.6 Å². The van der Waals surface area contributed by atoms with Crippen LogP contribution in [0, 0.1) is 0 Å². The summed E-state index contributed by atoms with van der Waals surface area (Å²) in [7, 11) is -10.0. The Balaban J connectivity index is 5.50. The van der Waals surface area contributed by atoms with Gasteiger partial charge in [0.05, 0.1) is 26.4 Å². The minimum absolute atomic E-state index is 0.0283. The molecule has 0 saturated heterocycles. The smallest absolute Gasteiger partial charge is 0.462 e. The number of esters is 4. The number of phosphoric acid groups is 2. The topological polar surface area (TPSA) is 237 Å². The van der Waals surface area contributed by atoms with Crippen LogP contribution in [0.5, 0.6) is 0 Å². The second-order valence-corrected chi connectivity index (χ2v) is 28.1. The molecule has 0 bridgehead atoms. The summed E-state index contributed by atoms with van der Waals surface area (Å²) in [5.74, 6) is -2.35. The van der Waals surface area contributed by atoms with Gasteiger partial charge in [0, 0.05) is 25.7 Å². The lowest BCUT2D eigenvalue weighted by atomic mass is 10.1. The quantitative estimate of drug-likeness (QED) is 0.0169. The summed E-state index contributed by atoms with van der Waals surface area (Å²) in [6, 6.07) is 0. The molecular weight excluding hydrogens is 1350 g/mol. The van der Waals surface area contributed by atoms with Crippen molar-refractivity contribution < 1.29 is 80.2 Å². The standard InChI is InChI=1S/C85H136O17P2/c1-5-9-13-17-21-25-29-33-37-39-43-45-49-53-57-61-65-69-82(87)95-75-80(101-84(89)71-67-63-59-55-51-47-41-35-31-27-23-19-15-11-7-3)77-99-103(91,92)97-73-79(86)74-98-104(93,94)100-78-81(102-85(90)72-68-64-60-56-52-48-42-36-32-28-24-20-16-12-8-4)76-96-83(88)70-66-62-58-54-50-46-44-40-38-34-30-26-22-18-14-10-6-2/h9-11,13-15,21-28,33-38,41-46,51,54-55,58,79-81,86H,5-8,12,16-20,29-32,39-40,47-50,52-53,56-57,59-78H2,1-4H3,(H,91,92)(H,93,94)/b13-9-,14-10-,15-11-,25-21-,26-22-,27-23-,28-24-,37-33-,38-34-,41-35-,42-36-,45-43-,46-44-,55-51-,58-54-.